The zero-order valence-electron chi connectivity index (χ0n) is 31.9. The van der Waals surface area contributed by atoms with Crippen molar-refractivity contribution in [3.8, 4) is 45.2 Å². The maximum Gasteiger partial charge on any atom is 0.147 e. The van der Waals surface area contributed by atoms with Gasteiger partial charge in [0.1, 0.15) is 22.7 Å². The van der Waals surface area contributed by atoms with Crippen molar-refractivity contribution in [1.82, 2.24) is 19.5 Å². The molecule has 0 fully saturated rings. The largest absolute Gasteiger partial charge is 0.507 e. The van der Waals surface area contributed by atoms with Crippen molar-refractivity contribution in [1.29, 1.82) is 0 Å². The number of para-hydroxylation sites is 2. The van der Waals surface area contributed by atoms with Crippen molar-refractivity contribution in [2.75, 3.05) is 0 Å². The van der Waals surface area contributed by atoms with Crippen LogP contribution in [0.15, 0.2) is 120 Å². The van der Waals surface area contributed by atoms with E-state index in [4.69, 9.17) is 19.4 Å². The molecule has 0 spiro atoms. The van der Waals surface area contributed by atoms with Gasteiger partial charge in [-0.3, -0.25) is 9.97 Å². The summed E-state index contributed by atoms with van der Waals surface area (Å²) in [6, 6.07) is 38.5. The van der Waals surface area contributed by atoms with E-state index in [1.165, 1.54) is 11.1 Å². The SMILES string of the molecule is Cc1ccnc2c(-c3[c-]c(-c4nc5c(-c6c(O)ccc7c6oc6ccccc67)cccc5n4-c4ccc(C(C)(C)C)cn4)ccc3)cc(C(C)(C)C)cc12.[Pt]. The van der Waals surface area contributed by atoms with Crippen molar-refractivity contribution in [2.24, 2.45) is 0 Å². The first-order chi connectivity index (χ1) is 25.9. The molecule has 9 rings (SSSR count). The Morgan fingerprint density at radius 2 is 1.44 bits per heavy atom. The summed E-state index contributed by atoms with van der Waals surface area (Å²) in [6.45, 7) is 15.4. The number of rotatable bonds is 4. The Morgan fingerprint density at radius 3 is 2.20 bits per heavy atom. The van der Waals surface area contributed by atoms with Crippen molar-refractivity contribution in [2.45, 2.75) is 59.3 Å². The second-order valence-corrected chi connectivity index (χ2v) is 16.3. The molecule has 0 saturated carbocycles. The molecule has 0 radical (unpaired) electrons. The van der Waals surface area contributed by atoms with Gasteiger partial charge in [-0.2, -0.15) is 0 Å². The Labute approximate surface area is 335 Å². The predicted octanol–water partition coefficient (Wildman–Crippen LogP) is 12.3. The van der Waals surface area contributed by atoms with Gasteiger partial charge in [-0.25, -0.2) is 4.98 Å². The minimum Gasteiger partial charge on any atom is -0.507 e. The number of imidazole rings is 1. The summed E-state index contributed by atoms with van der Waals surface area (Å²) in [5.74, 6) is 1.55. The van der Waals surface area contributed by atoms with Crippen LogP contribution in [0.25, 0.3) is 83.3 Å². The number of nitrogens with zero attached hydrogens (tertiary/aromatic N) is 4. The number of furan rings is 1. The first-order valence-corrected chi connectivity index (χ1v) is 18.4. The molecule has 4 heterocycles. The second kappa shape index (κ2) is 13.3. The van der Waals surface area contributed by atoms with Gasteiger partial charge in [-0.05, 0) is 76.2 Å². The quantitative estimate of drug-likeness (QED) is 0.178. The molecular formula is C48H41N4O2Pt-. The van der Waals surface area contributed by atoms with Gasteiger partial charge in [-0.15, -0.1) is 29.8 Å². The molecule has 1 N–H and O–H groups in total. The zero-order valence-corrected chi connectivity index (χ0v) is 34.2. The van der Waals surface area contributed by atoms with Crippen LogP contribution in [0.4, 0.5) is 0 Å². The normalized spacial score (nSPS) is 12.2. The minimum absolute atomic E-state index is 0. The van der Waals surface area contributed by atoms with Crippen LogP contribution in [0.2, 0.25) is 0 Å². The monoisotopic (exact) mass is 900 g/mol. The molecule has 0 amide bonds. The summed E-state index contributed by atoms with van der Waals surface area (Å²) in [7, 11) is 0. The number of aromatic nitrogens is 4. The fourth-order valence-corrected chi connectivity index (χ4v) is 7.50. The van der Waals surface area contributed by atoms with Crippen molar-refractivity contribution in [3.05, 3.63) is 138 Å². The maximum absolute atomic E-state index is 11.5. The molecule has 0 unspecified atom stereocenters. The van der Waals surface area contributed by atoms with Crippen molar-refractivity contribution < 1.29 is 30.6 Å². The number of hydrogen-bond acceptors (Lipinski definition) is 5. The van der Waals surface area contributed by atoms with Crippen LogP contribution < -0.4 is 0 Å². The van der Waals surface area contributed by atoms with E-state index in [1.807, 2.05) is 54.9 Å². The minimum atomic E-state index is -0.0631. The van der Waals surface area contributed by atoms with E-state index in [0.717, 1.165) is 66.4 Å². The zero-order chi connectivity index (χ0) is 37.5. The molecular weight excluding hydrogens is 860 g/mol. The van der Waals surface area contributed by atoms with Crippen molar-refractivity contribution in [3.63, 3.8) is 0 Å². The Morgan fingerprint density at radius 1 is 0.673 bits per heavy atom. The summed E-state index contributed by atoms with van der Waals surface area (Å²) in [6.07, 6.45) is 3.83. The van der Waals surface area contributed by atoms with E-state index in [0.29, 0.717) is 22.5 Å². The molecule has 0 aliphatic heterocycles. The van der Waals surface area contributed by atoms with Crippen LogP contribution in [0.3, 0.4) is 0 Å². The predicted molar refractivity (Wildman–Crippen MR) is 220 cm³/mol. The number of aromatic hydroxyl groups is 1. The smallest absolute Gasteiger partial charge is 0.147 e. The maximum atomic E-state index is 11.5. The number of fused-ring (bicyclic) bond motifs is 5. The number of phenolic OH excluding ortho intramolecular Hbond substituents is 1. The fraction of sp³-hybridized carbons (Fsp3) is 0.188. The third kappa shape index (κ3) is 6.13. The van der Waals surface area contributed by atoms with Gasteiger partial charge in [-0.1, -0.05) is 101 Å². The van der Waals surface area contributed by atoms with E-state index in [2.05, 4.69) is 114 Å². The topological polar surface area (TPSA) is 77.0 Å². The Kier molecular flexibility index (Phi) is 8.81. The third-order valence-corrected chi connectivity index (χ3v) is 10.6. The van der Waals surface area contributed by atoms with Gasteiger partial charge < -0.3 is 14.1 Å². The van der Waals surface area contributed by atoms with Gasteiger partial charge in [0.25, 0.3) is 0 Å². The van der Waals surface area contributed by atoms with Gasteiger partial charge >= 0.3 is 0 Å². The summed E-state index contributed by atoms with van der Waals surface area (Å²) in [4.78, 5) is 15.3. The van der Waals surface area contributed by atoms with Crippen LogP contribution >= 0.6 is 0 Å². The van der Waals surface area contributed by atoms with Crippen LogP contribution in [-0.4, -0.2) is 24.6 Å². The van der Waals surface area contributed by atoms with Crippen LogP contribution in [0.5, 0.6) is 5.75 Å². The summed E-state index contributed by atoms with van der Waals surface area (Å²) in [5.41, 5.74) is 11.5. The van der Waals surface area contributed by atoms with Crippen LogP contribution in [0.1, 0.15) is 58.2 Å². The molecule has 0 aliphatic rings. The molecule has 0 aliphatic carbocycles. The average molecular weight is 901 g/mol. The van der Waals surface area contributed by atoms with Crippen molar-refractivity contribution >= 4 is 43.9 Å². The van der Waals surface area contributed by atoms with Gasteiger partial charge in [0.15, 0.2) is 0 Å². The van der Waals surface area contributed by atoms with E-state index < -0.39 is 0 Å². The van der Waals surface area contributed by atoms with E-state index >= 15 is 0 Å². The first kappa shape index (κ1) is 36.4. The molecule has 4 aromatic heterocycles. The third-order valence-electron chi connectivity index (χ3n) is 10.6. The molecule has 5 aromatic carbocycles. The molecule has 0 saturated heterocycles. The molecule has 9 aromatic rings. The Hall–Kier alpha value is -5.58. The van der Waals surface area contributed by atoms with E-state index in [9.17, 15) is 5.11 Å². The average Bonchev–Trinajstić information content (AvgIpc) is 3.73. The summed E-state index contributed by atoms with van der Waals surface area (Å²) < 4.78 is 8.54. The van der Waals surface area contributed by atoms with Gasteiger partial charge in [0.2, 0.25) is 0 Å². The standard InChI is InChI=1S/C48H41N4O2.Pt/c1-28-22-23-49-43-36(28)25-32(48(5,6)7)26-37(43)29-12-10-13-30(24-29)46-51-44-35(42-39(53)20-19-34-33-14-8-9-17-40(33)54-45(34)42)15-11-16-38(44)52(46)41-21-18-31(27-50-41)47(2,3)4;/h8-23,25-27,53H,1-7H3;/q-1;. The Bertz CT molecular complexity index is 2930. The van der Waals surface area contributed by atoms with Gasteiger partial charge in [0, 0.05) is 55.3 Å². The van der Waals surface area contributed by atoms with Gasteiger partial charge in [0.05, 0.1) is 22.4 Å². The van der Waals surface area contributed by atoms with Crippen LogP contribution in [-0.2, 0) is 31.9 Å². The number of hydrogen-bond donors (Lipinski definition) is 1. The second-order valence-electron chi connectivity index (χ2n) is 16.3. The van der Waals surface area contributed by atoms with E-state index in [1.54, 1.807) is 6.07 Å². The molecule has 0 bridgehead atoms. The number of benzene rings is 5. The Balaban J connectivity index is 0.00000427. The fourth-order valence-electron chi connectivity index (χ4n) is 7.50. The summed E-state index contributed by atoms with van der Waals surface area (Å²) in [5, 5.41) is 14.6. The number of aryl methyl sites for hydroxylation is 1. The molecule has 6 nitrogen and oxygen atoms in total. The number of phenols is 1. The van der Waals surface area contributed by atoms with Crippen LogP contribution in [0, 0.1) is 13.0 Å². The molecule has 7 heteroatoms. The van der Waals surface area contributed by atoms with E-state index in [-0.39, 0.29) is 37.6 Å². The molecule has 55 heavy (non-hydrogen) atoms. The molecule has 276 valence electrons. The number of pyridine rings is 2. The summed E-state index contributed by atoms with van der Waals surface area (Å²) >= 11 is 0. The first-order valence-electron chi connectivity index (χ1n) is 18.4. The molecule has 0 atom stereocenters.